The van der Waals surface area contributed by atoms with Gasteiger partial charge in [0.05, 0.1) is 0 Å². The lowest BCUT2D eigenvalue weighted by Gasteiger charge is -2.02. The number of thioether (sulfide) groups is 1. The fraction of sp³-hybridized carbons (Fsp3) is 0.800. The Hall–Kier alpha value is -0.550. The van der Waals surface area contributed by atoms with Crippen molar-refractivity contribution < 1.29 is 9.63 Å². The normalized spacial score (nSPS) is 23.2. The molecule has 2 heterocycles. The molecule has 1 aromatic rings. The Morgan fingerprint density at radius 2 is 2.53 bits per heavy atom. The summed E-state index contributed by atoms with van der Waals surface area (Å²) in [6.45, 7) is 2.03. The van der Waals surface area contributed by atoms with E-state index in [2.05, 4.69) is 10.1 Å². The summed E-state index contributed by atoms with van der Waals surface area (Å²) in [5.41, 5.74) is 0. The number of aliphatic hydroxyl groups excluding tert-OH is 1. The lowest BCUT2D eigenvalue weighted by molar-refractivity contribution is 0.152. The molecule has 0 radical (unpaired) electrons. The van der Waals surface area contributed by atoms with E-state index in [-0.39, 0.29) is 0 Å². The standard InChI is InChI=1S/C10H16N2O2S/c1-2-3-8(13)9-11-10(14-12-9)7-4-5-15-6-7/h7-8,13H,2-6H2,1H3. The first kappa shape index (κ1) is 11.0. The van der Waals surface area contributed by atoms with Gasteiger partial charge < -0.3 is 9.63 Å². The largest absolute Gasteiger partial charge is 0.385 e. The number of hydrogen-bond acceptors (Lipinski definition) is 5. The maximum atomic E-state index is 9.69. The molecule has 0 spiro atoms. The van der Waals surface area contributed by atoms with Crippen LogP contribution in [0.3, 0.4) is 0 Å². The molecule has 84 valence electrons. The Morgan fingerprint density at radius 1 is 1.67 bits per heavy atom. The molecular weight excluding hydrogens is 212 g/mol. The maximum Gasteiger partial charge on any atom is 0.230 e. The zero-order valence-corrected chi connectivity index (χ0v) is 9.66. The van der Waals surface area contributed by atoms with E-state index in [0.717, 1.165) is 18.6 Å². The molecule has 2 rings (SSSR count). The molecule has 1 aliphatic heterocycles. The minimum Gasteiger partial charge on any atom is -0.385 e. The molecule has 0 amide bonds. The second kappa shape index (κ2) is 4.99. The van der Waals surface area contributed by atoms with Crippen molar-refractivity contribution in [3.05, 3.63) is 11.7 Å². The second-order valence-electron chi connectivity index (χ2n) is 3.86. The van der Waals surface area contributed by atoms with Crippen molar-refractivity contribution in [2.45, 2.75) is 38.2 Å². The molecular formula is C10H16N2O2S. The van der Waals surface area contributed by atoms with Crippen molar-refractivity contribution in [1.82, 2.24) is 10.1 Å². The minimum atomic E-state index is -0.568. The van der Waals surface area contributed by atoms with Crippen molar-refractivity contribution in [3.8, 4) is 0 Å². The van der Waals surface area contributed by atoms with E-state index < -0.39 is 6.10 Å². The smallest absolute Gasteiger partial charge is 0.230 e. The molecule has 0 aromatic carbocycles. The Bertz CT molecular complexity index is 310. The third-order valence-corrected chi connectivity index (χ3v) is 3.76. The first-order valence-corrected chi connectivity index (χ1v) is 6.56. The highest BCUT2D eigenvalue weighted by atomic mass is 32.2. The van der Waals surface area contributed by atoms with Crippen LogP contribution in [-0.4, -0.2) is 26.8 Å². The van der Waals surface area contributed by atoms with E-state index in [0.29, 0.717) is 24.1 Å². The number of rotatable bonds is 4. The Kier molecular flexibility index (Phi) is 3.64. The Labute approximate surface area is 93.4 Å². The lowest BCUT2D eigenvalue weighted by Crippen LogP contribution is -2.01. The van der Waals surface area contributed by atoms with Gasteiger partial charge in [-0.05, 0) is 18.6 Å². The van der Waals surface area contributed by atoms with Gasteiger partial charge in [0, 0.05) is 11.7 Å². The van der Waals surface area contributed by atoms with Gasteiger partial charge in [-0.2, -0.15) is 16.7 Å². The van der Waals surface area contributed by atoms with Crippen molar-refractivity contribution in [3.63, 3.8) is 0 Å². The molecule has 2 unspecified atom stereocenters. The summed E-state index contributed by atoms with van der Waals surface area (Å²) in [6, 6.07) is 0. The molecule has 2 atom stereocenters. The van der Waals surface area contributed by atoms with Crippen molar-refractivity contribution in [1.29, 1.82) is 0 Å². The number of aliphatic hydroxyl groups is 1. The molecule has 1 aromatic heterocycles. The second-order valence-corrected chi connectivity index (χ2v) is 5.01. The summed E-state index contributed by atoms with van der Waals surface area (Å²) >= 11 is 1.91. The first-order valence-electron chi connectivity index (χ1n) is 5.40. The Balaban J connectivity index is 2.02. The third kappa shape index (κ3) is 2.52. The third-order valence-electron chi connectivity index (χ3n) is 2.60. The SMILES string of the molecule is CCCC(O)c1noc(C2CCSC2)n1. The van der Waals surface area contributed by atoms with Gasteiger partial charge in [0.25, 0.3) is 0 Å². The van der Waals surface area contributed by atoms with E-state index in [9.17, 15) is 5.11 Å². The topological polar surface area (TPSA) is 59.2 Å². The van der Waals surface area contributed by atoms with Crippen LogP contribution in [0.5, 0.6) is 0 Å². The first-order chi connectivity index (χ1) is 7.31. The van der Waals surface area contributed by atoms with Gasteiger partial charge in [0.2, 0.25) is 5.89 Å². The molecule has 4 nitrogen and oxygen atoms in total. The predicted octanol–water partition coefficient (Wildman–Crippen LogP) is 2.12. The van der Waals surface area contributed by atoms with Gasteiger partial charge >= 0.3 is 0 Å². The van der Waals surface area contributed by atoms with Gasteiger partial charge in [-0.1, -0.05) is 18.5 Å². The molecule has 0 bridgehead atoms. The quantitative estimate of drug-likeness (QED) is 0.855. The van der Waals surface area contributed by atoms with Crippen LogP contribution in [0.15, 0.2) is 4.52 Å². The number of hydrogen-bond donors (Lipinski definition) is 1. The van der Waals surface area contributed by atoms with Gasteiger partial charge in [-0.25, -0.2) is 0 Å². The summed E-state index contributed by atoms with van der Waals surface area (Å²) in [5.74, 6) is 3.77. The lowest BCUT2D eigenvalue weighted by atomic mass is 10.1. The number of aromatic nitrogens is 2. The van der Waals surface area contributed by atoms with Crippen LogP contribution in [0.4, 0.5) is 0 Å². The summed E-state index contributed by atoms with van der Waals surface area (Å²) in [4.78, 5) is 4.27. The average Bonchev–Trinajstić information content (AvgIpc) is 2.89. The molecule has 5 heteroatoms. The van der Waals surface area contributed by atoms with Gasteiger partial charge in [0.1, 0.15) is 6.10 Å². The van der Waals surface area contributed by atoms with Crippen molar-refractivity contribution in [2.24, 2.45) is 0 Å². The maximum absolute atomic E-state index is 9.69. The van der Waals surface area contributed by atoms with E-state index in [1.807, 2.05) is 18.7 Å². The highest BCUT2D eigenvalue weighted by Gasteiger charge is 2.24. The number of nitrogens with zero attached hydrogens (tertiary/aromatic N) is 2. The van der Waals surface area contributed by atoms with Crippen LogP contribution in [0.1, 0.15) is 49.9 Å². The van der Waals surface area contributed by atoms with Gasteiger partial charge in [-0.15, -0.1) is 0 Å². The zero-order valence-electron chi connectivity index (χ0n) is 8.85. The fourth-order valence-corrected chi connectivity index (χ4v) is 2.89. The van der Waals surface area contributed by atoms with Crippen molar-refractivity contribution in [2.75, 3.05) is 11.5 Å². The average molecular weight is 228 g/mol. The van der Waals surface area contributed by atoms with E-state index >= 15 is 0 Å². The molecule has 0 saturated carbocycles. The summed E-state index contributed by atoms with van der Waals surface area (Å²) in [5, 5.41) is 13.5. The predicted molar refractivity (Wildman–Crippen MR) is 58.8 cm³/mol. The van der Waals surface area contributed by atoms with Gasteiger partial charge in [-0.3, -0.25) is 0 Å². The molecule has 1 fully saturated rings. The molecule has 0 aliphatic carbocycles. The highest BCUT2D eigenvalue weighted by molar-refractivity contribution is 7.99. The highest BCUT2D eigenvalue weighted by Crippen LogP contribution is 2.31. The summed E-state index contributed by atoms with van der Waals surface area (Å²) < 4.78 is 5.18. The van der Waals surface area contributed by atoms with Crippen LogP contribution in [0, 0.1) is 0 Å². The summed E-state index contributed by atoms with van der Waals surface area (Å²) in [6.07, 6.45) is 2.15. The zero-order chi connectivity index (χ0) is 10.7. The molecule has 1 N–H and O–H groups in total. The van der Waals surface area contributed by atoms with Crippen molar-refractivity contribution >= 4 is 11.8 Å². The van der Waals surface area contributed by atoms with Crippen LogP contribution < -0.4 is 0 Å². The van der Waals surface area contributed by atoms with E-state index in [4.69, 9.17) is 4.52 Å². The van der Waals surface area contributed by atoms with Crippen LogP contribution >= 0.6 is 11.8 Å². The monoisotopic (exact) mass is 228 g/mol. The van der Waals surface area contributed by atoms with Crippen LogP contribution in [-0.2, 0) is 0 Å². The van der Waals surface area contributed by atoms with Crippen LogP contribution in [0.2, 0.25) is 0 Å². The summed E-state index contributed by atoms with van der Waals surface area (Å²) in [7, 11) is 0. The molecule has 15 heavy (non-hydrogen) atoms. The van der Waals surface area contributed by atoms with E-state index in [1.165, 1.54) is 5.75 Å². The minimum absolute atomic E-state index is 0.394. The van der Waals surface area contributed by atoms with E-state index in [1.54, 1.807) is 0 Å². The molecule has 1 aliphatic rings. The Morgan fingerprint density at radius 3 is 3.20 bits per heavy atom. The van der Waals surface area contributed by atoms with Gasteiger partial charge in [0.15, 0.2) is 5.82 Å². The van der Waals surface area contributed by atoms with Crippen LogP contribution in [0.25, 0.3) is 0 Å². The fourth-order valence-electron chi connectivity index (χ4n) is 1.68. The molecule has 1 saturated heterocycles.